The van der Waals surface area contributed by atoms with Crippen molar-refractivity contribution in [1.82, 2.24) is 20.2 Å². The first-order valence-corrected chi connectivity index (χ1v) is 17.2. The first kappa shape index (κ1) is 28.4. The Bertz CT molecular complexity index is 1720. The molecule has 2 aromatic carbocycles. The summed E-state index contributed by atoms with van der Waals surface area (Å²) in [7, 11) is 0. The Morgan fingerprint density at radius 1 is 0.953 bits per heavy atom. The summed E-state index contributed by atoms with van der Waals surface area (Å²) in [5, 5.41) is 16.4. The topological polar surface area (TPSA) is 92.5 Å². The number of hydrogen-bond donors (Lipinski definition) is 1. The molecule has 7 rings (SSSR count). The molecule has 220 valence electrons. The Morgan fingerprint density at radius 3 is 2.26 bits per heavy atom. The predicted molar refractivity (Wildman–Crippen MR) is 175 cm³/mol. The fourth-order valence-electron chi connectivity index (χ4n) is 5.98. The van der Waals surface area contributed by atoms with E-state index in [1.165, 1.54) is 39.5 Å². The van der Waals surface area contributed by atoms with Crippen LogP contribution in [0.3, 0.4) is 0 Å². The van der Waals surface area contributed by atoms with Crippen molar-refractivity contribution in [1.29, 1.82) is 0 Å². The van der Waals surface area contributed by atoms with Gasteiger partial charge in [-0.25, -0.2) is 4.57 Å². The number of thiophene rings is 1. The Labute approximate surface area is 263 Å². The van der Waals surface area contributed by atoms with E-state index in [-0.39, 0.29) is 34.7 Å². The lowest BCUT2D eigenvalue weighted by atomic mass is 9.72. The lowest BCUT2D eigenvalue weighted by Crippen LogP contribution is -2.38. The summed E-state index contributed by atoms with van der Waals surface area (Å²) in [5.41, 5.74) is 7.58. The number of hydrogen-bond acceptors (Lipinski definition) is 10. The SMILES string of the molecule is CC(C)(C)[C@H]1CCc2c(sc3c2C2NN=C(SCC(=O)c4ccccc4)N2c2nnc(SCC(=O)c4ccccc4)n2-3)C1. The molecule has 2 aromatic heterocycles. The largest absolute Gasteiger partial charge is 0.293 e. The van der Waals surface area contributed by atoms with Crippen molar-refractivity contribution in [2.75, 3.05) is 16.4 Å². The van der Waals surface area contributed by atoms with Crippen LogP contribution < -0.4 is 10.3 Å². The van der Waals surface area contributed by atoms with Crippen molar-refractivity contribution in [3.8, 4) is 5.00 Å². The van der Waals surface area contributed by atoms with Gasteiger partial charge in [-0.05, 0) is 36.2 Å². The number of rotatable bonds is 7. The third-order valence-corrected chi connectivity index (χ3v) is 11.6. The fraction of sp³-hybridized carbons (Fsp3) is 0.344. The van der Waals surface area contributed by atoms with E-state index in [0.717, 1.165) is 24.3 Å². The van der Waals surface area contributed by atoms with Crippen LogP contribution in [0.25, 0.3) is 5.00 Å². The van der Waals surface area contributed by atoms with E-state index >= 15 is 0 Å². The average molecular weight is 629 g/mol. The number of fused-ring (bicyclic) bond motifs is 8. The maximum atomic E-state index is 13.0. The molecule has 8 nitrogen and oxygen atoms in total. The van der Waals surface area contributed by atoms with Gasteiger partial charge in [0.1, 0.15) is 5.00 Å². The van der Waals surface area contributed by atoms with Crippen LogP contribution in [0.15, 0.2) is 70.9 Å². The van der Waals surface area contributed by atoms with Gasteiger partial charge in [0.25, 0.3) is 0 Å². The molecule has 2 atom stereocenters. The van der Waals surface area contributed by atoms with Crippen molar-refractivity contribution < 1.29 is 9.59 Å². The second-order valence-electron chi connectivity index (χ2n) is 12.1. The van der Waals surface area contributed by atoms with E-state index in [1.54, 1.807) is 0 Å². The molecule has 0 saturated carbocycles. The third kappa shape index (κ3) is 5.21. The first-order valence-electron chi connectivity index (χ1n) is 14.4. The number of hydrazone groups is 1. The maximum absolute atomic E-state index is 13.0. The zero-order valence-corrected chi connectivity index (χ0v) is 26.7. The summed E-state index contributed by atoms with van der Waals surface area (Å²) in [6.07, 6.45) is 2.99. The van der Waals surface area contributed by atoms with Crippen LogP contribution in [0.4, 0.5) is 5.95 Å². The number of nitrogens with zero attached hydrogens (tertiary/aromatic N) is 5. The van der Waals surface area contributed by atoms with Gasteiger partial charge >= 0.3 is 0 Å². The monoisotopic (exact) mass is 628 g/mol. The van der Waals surface area contributed by atoms with E-state index < -0.39 is 0 Å². The first-order chi connectivity index (χ1) is 20.8. The summed E-state index contributed by atoms with van der Waals surface area (Å²) >= 11 is 4.63. The zero-order valence-electron chi connectivity index (χ0n) is 24.2. The van der Waals surface area contributed by atoms with Crippen molar-refractivity contribution in [3.05, 3.63) is 87.8 Å². The highest BCUT2D eigenvalue weighted by Gasteiger charge is 2.45. The maximum Gasteiger partial charge on any atom is 0.241 e. The summed E-state index contributed by atoms with van der Waals surface area (Å²) in [6.45, 7) is 7.00. The molecule has 0 radical (unpaired) electrons. The molecule has 1 unspecified atom stereocenters. The van der Waals surface area contributed by atoms with Crippen LogP contribution in [0.2, 0.25) is 0 Å². The Balaban J connectivity index is 1.22. The number of nitrogens with one attached hydrogen (secondary N) is 1. The zero-order chi connectivity index (χ0) is 29.7. The molecule has 4 aromatic rings. The van der Waals surface area contributed by atoms with Gasteiger partial charge in [0.05, 0.1) is 11.5 Å². The average Bonchev–Trinajstić information content (AvgIpc) is 3.73. The second kappa shape index (κ2) is 11.3. The Kier molecular flexibility index (Phi) is 7.43. The minimum absolute atomic E-state index is 0.0488. The normalized spacial score (nSPS) is 18.7. The van der Waals surface area contributed by atoms with Crippen molar-refractivity contribution in [2.24, 2.45) is 16.4 Å². The van der Waals surface area contributed by atoms with E-state index in [0.29, 0.717) is 33.3 Å². The summed E-state index contributed by atoms with van der Waals surface area (Å²) in [4.78, 5) is 29.4. The predicted octanol–water partition coefficient (Wildman–Crippen LogP) is 6.76. The molecule has 43 heavy (non-hydrogen) atoms. The molecule has 11 heteroatoms. The van der Waals surface area contributed by atoms with Crippen LogP contribution in [0, 0.1) is 11.3 Å². The number of benzene rings is 2. The van der Waals surface area contributed by atoms with Gasteiger partial charge in [0.2, 0.25) is 5.95 Å². The molecule has 0 fully saturated rings. The van der Waals surface area contributed by atoms with Crippen molar-refractivity contribution in [2.45, 2.75) is 51.4 Å². The molecular formula is C32H32N6O2S3. The third-order valence-electron chi connectivity index (χ3n) is 8.42. The van der Waals surface area contributed by atoms with Gasteiger partial charge in [-0.3, -0.25) is 19.9 Å². The van der Waals surface area contributed by atoms with Gasteiger partial charge in [0, 0.05) is 21.6 Å². The summed E-state index contributed by atoms with van der Waals surface area (Å²) in [5.74, 6) is 1.88. The number of thioether (sulfide) groups is 2. The smallest absolute Gasteiger partial charge is 0.241 e. The lowest BCUT2D eigenvalue weighted by molar-refractivity contribution is 0.101. The van der Waals surface area contributed by atoms with Gasteiger partial charge in [0.15, 0.2) is 28.1 Å². The molecule has 0 saturated heterocycles. The quantitative estimate of drug-likeness (QED) is 0.177. The van der Waals surface area contributed by atoms with E-state index in [1.807, 2.05) is 72.0 Å². The van der Waals surface area contributed by atoms with Crippen molar-refractivity contribution in [3.63, 3.8) is 0 Å². The van der Waals surface area contributed by atoms with Gasteiger partial charge in [-0.2, -0.15) is 5.10 Å². The molecule has 0 bridgehead atoms. The van der Waals surface area contributed by atoms with Crippen LogP contribution >= 0.6 is 34.9 Å². The van der Waals surface area contributed by atoms with Crippen LogP contribution in [-0.4, -0.2) is 43.0 Å². The van der Waals surface area contributed by atoms with Crippen molar-refractivity contribution >= 4 is 57.5 Å². The number of anilines is 1. The lowest BCUT2D eigenvalue weighted by Gasteiger charge is -2.35. The van der Waals surface area contributed by atoms with E-state index in [4.69, 9.17) is 5.10 Å². The Morgan fingerprint density at radius 2 is 1.60 bits per heavy atom. The molecule has 3 aliphatic rings. The molecular weight excluding hydrogens is 597 g/mol. The molecule has 0 spiro atoms. The number of ketones is 2. The van der Waals surface area contributed by atoms with Gasteiger partial charge in [-0.1, -0.05) is 105 Å². The Hall–Kier alpha value is -3.41. The molecule has 4 heterocycles. The second-order valence-corrected chi connectivity index (χ2v) is 15.1. The number of carbonyl (C=O) groups excluding carboxylic acids is 2. The highest BCUT2D eigenvalue weighted by molar-refractivity contribution is 8.14. The highest BCUT2D eigenvalue weighted by Crippen LogP contribution is 2.51. The van der Waals surface area contributed by atoms with Crippen LogP contribution in [0.1, 0.15) is 70.1 Å². The number of carbonyl (C=O) groups is 2. The number of Topliss-reactive ketones (excluding diaryl/α,β-unsaturated/α-hetero) is 2. The van der Waals surface area contributed by atoms with E-state index in [9.17, 15) is 9.59 Å². The molecule has 2 aliphatic heterocycles. The standard InChI is InChI=1S/C32H32N6O2S3/c1-32(2,3)21-14-15-22-25(16-21)43-28-26(22)27-33-35-30(41-17-23(39)19-10-6-4-7-11-19)37(27)29-34-36-31(38(28)29)42-18-24(40)20-12-8-5-9-13-20/h4-13,21,27,33H,14-18H2,1-3H3/t21-,27?/m0/s1. The number of amidine groups is 1. The van der Waals surface area contributed by atoms with Gasteiger partial charge in [-0.15, -0.1) is 21.5 Å². The summed E-state index contributed by atoms with van der Waals surface area (Å²) in [6, 6.07) is 18.7. The minimum Gasteiger partial charge on any atom is -0.293 e. The van der Waals surface area contributed by atoms with E-state index in [2.05, 4.69) is 45.9 Å². The van der Waals surface area contributed by atoms with Gasteiger partial charge < -0.3 is 0 Å². The van der Waals surface area contributed by atoms with Crippen LogP contribution in [0.5, 0.6) is 0 Å². The number of aromatic nitrogens is 3. The molecule has 1 N–H and O–H groups in total. The minimum atomic E-state index is -0.212. The fourth-order valence-corrected chi connectivity index (χ4v) is 9.20. The summed E-state index contributed by atoms with van der Waals surface area (Å²) < 4.78 is 2.10. The molecule has 1 aliphatic carbocycles. The highest BCUT2D eigenvalue weighted by atomic mass is 32.2. The molecule has 0 amide bonds. The van der Waals surface area contributed by atoms with Crippen LogP contribution in [-0.2, 0) is 12.8 Å².